The van der Waals surface area contributed by atoms with Gasteiger partial charge in [0.1, 0.15) is 0 Å². The smallest absolute Gasteiger partial charge is 0.314 e. The Bertz CT molecular complexity index is 526. The van der Waals surface area contributed by atoms with E-state index >= 15 is 0 Å². The van der Waals surface area contributed by atoms with Gasteiger partial charge in [0, 0.05) is 24.5 Å². The standard InChI is InChI=1S/C4H4N2O2.C4H4N2O/c7-3-1-2-5-4(8)6-3;7-4-1-2-5-3-6-4/h1-2H,(H2,5,6,7,8);1-3H,(H,5,6,7). The van der Waals surface area contributed by atoms with Gasteiger partial charge in [0.05, 0.1) is 6.33 Å². The van der Waals surface area contributed by atoms with Crippen LogP contribution in [0, 0.1) is 0 Å². The number of hydrogen-bond donors (Lipinski definition) is 3. The first-order valence-electron chi connectivity index (χ1n) is 3.95. The van der Waals surface area contributed by atoms with Crippen molar-refractivity contribution in [2.24, 2.45) is 0 Å². The molecule has 0 aromatic carbocycles. The molecule has 3 N–H and O–H groups in total. The molecule has 0 atom stereocenters. The summed E-state index contributed by atoms with van der Waals surface area (Å²) in [7, 11) is 0. The molecule has 0 aliphatic rings. The minimum Gasteiger partial charge on any atom is -0.314 e. The molecule has 15 heavy (non-hydrogen) atoms. The molecule has 0 fully saturated rings. The zero-order valence-electron chi connectivity index (χ0n) is 7.56. The molecule has 7 heteroatoms. The zero-order valence-corrected chi connectivity index (χ0v) is 7.56. The van der Waals surface area contributed by atoms with Gasteiger partial charge in [-0.1, -0.05) is 0 Å². The van der Waals surface area contributed by atoms with Gasteiger partial charge in [-0.2, -0.15) is 0 Å². The Morgan fingerprint density at radius 3 is 2.13 bits per heavy atom. The van der Waals surface area contributed by atoms with Crippen LogP contribution in [0.5, 0.6) is 0 Å². The number of nitrogens with one attached hydrogen (secondary N) is 3. The van der Waals surface area contributed by atoms with Crippen LogP contribution in [0.1, 0.15) is 0 Å². The van der Waals surface area contributed by atoms with Crippen LogP contribution in [0.15, 0.2) is 45.2 Å². The van der Waals surface area contributed by atoms with Crippen LogP contribution in [0.2, 0.25) is 0 Å². The molecule has 0 spiro atoms. The van der Waals surface area contributed by atoms with Gasteiger partial charge in [0.2, 0.25) is 0 Å². The summed E-state index contributed by atoms with van der Waals surface area (Å²) < 4.78 is 0. The van der Waals surface area contributed by atoms with Crippen LogP contribution in [0.4, 0.5) is 0 Å². The monoisotopic (exact) mass is 208 g/mol. The summed E-state index contributed by atoms with van der Waals surface area (Å²) >= 11 is 0. The van der Waals surface area contributed by atoms with E-state index in [-0.39, 0.29) is 11.1 Å². The van der Waals surface area contributed by atoms with E-state index in [1.54, 1.807) is 0 Å². The molecule has 0 aliphatic carbocycles. The van der Waals surface area contributed by atoms with Gasteiger partial charge in [0.25, 0.3) is 11.1 Å². The van der Waals surface area contributed by atoms with Crippen LogP contribution in [0.25, 0.3) is 0 Å². The van der Waals surface area contributed by atoms with Crippen molar-refractivity contribution in [3.05, 3.63) is 62.0 Å². The normalized spacial score (nSPS) is 8.80. The second-order valence-electron chi connectivity index (χ2n) is 2.40. The second kappa shape index (κ2) is 5.32. The maximum Gasteiger partial charge on any atom is 0.325 e. The first-order valence-corrected chi connectivity index (χ1v) is 3.95. The van der Waals surface area contributed by atoms with Gasteiger partial charge in [0.15, 0.2) is 0 Å². The van der Waals surface area contributed by atoms with Crippen molar-refractivity contribution in [1.29, 1.82) is 0 Å². The first-order chi connectivity index (χ1) is 7.18. The fraction of sp³-hybridized carbons (Fsp3) is 0. The lowest BCUT2D eigenvalue weighted by Crippen LogP contribution is -2.19. The lowest BCUT2D eigenvalue weighted by Gasteiger charge is -1.75. The molecule has 0 saturated heterocycles. The predicted molar refractivity (Wildman–Crippen MR) is 52.5 cm³/mol. The highest BCUT2D eigenvalue weighted by atomic mass is 16.2. The van der Waals surface area contributed by atoms with E-state index in [1.165, 1.54) is 30.9 Å². The lowest BCUT2D eigenvalue weighted by atomic mass is 10.7. The third-order valence-corrected chi connectivity index (χ3v) is 1.28. The van der Waals surface area contributed by atoms with Crippen molar-refractivity contribution in [2.75, 3.05) is 0 Å². The largest absolute Gasteiger partial charge is 0.325 e. The molecular weight excluding hydrogens is 200 g/mol. The maximum atomic E-state index is 10.2. The Morgan fingerprint density at radius 1 is 1.00 bits per heavy atom. The van der Waals surface area contributed by atoms with Crippen LogP contribution < -0.4 is 16.8 Å². The van der Waals surface area contributed by atoms with Crippen molar-refractivity contribution >= 4 is 0 Å². The van der Waals surface area contributed by atoms with Crippen LogP contribution in [0.3, 0.4) is 0 Å². The number of hydrogen-bond acceptors (Lipinski definition) is 4. The van der Waals surface area contributed by atoms with Crippen molar-refractivity contribution < 1.29 is 0 Å². The van der Waals surface area contributed by atoms with Gasteiger partial charge >= 0.3 is 5.69 Å². The molecule has 0 bridgehead atoms. The number of nitrogens with zero attached hydrogens (tertiary/aromatic N) is 1. The molecule has 2 rings (SSSR count). The van der Waals surface area contributed by atoms with E-state index in [9.17, 15) is 14.4 Å². The maximum absolute atomic E-state index is 10.2. The average Bonchev–Trinajstić information content (AvgIpc) is 2.19. The molecule has 2 heterocycles. The molecule has 0 aliphatic heterocycles. The molecule has 7 nitrogen and oxygen atoms in total. The molecule has 2 aromatic rings. The summed E-state index contributed by atoms with van der Waals surface area (Å²) in [6, 6.07) is 2.60. The Labute approximate surface area is 82.9 Å². The Morgan fingerprint density at radius 2 is 1.80 bits per heavy atom. The summed E-state index contributed by atoms with van der Waals surface area (Å²) in [6.07, 6.45) is 4.09. The molecule has 78 valence electrons. The van der Waals surface area contributed by atoms with E-state index in [2.05, 4.69) is 15.0 Å². The quantitative estimate of drug-likeness (QED) is 0.506. The van der Waals surface area contributed by atoms with Crippen LogP contribution >= 0.6 is 0 Å². The third-order valence-electron chi connectivity index (χ3n) is 1.28. The molecule has 2 aromatic heterocycles. The summed E-state index contributed by atoms with van der Waals surface area (Å²) in [4.78, 5) is 40.8. The minimum atomic E-state index is -0.475. The Balaban J connectivity index is 0.000000151. The topological polar surface area (TPSA) is 111 Å². The lowest BCUT2D eigenvalue weighted by molar-refractivity contribution is 1.04. The van der Waals surface area contributed by atoms with Crippen molar-refractivity contribution in [3.8, 4) is 0 Å². The highest BCUT2D eigenvalue weighted by molar-refractivity contribution is 4.77. The van der Waals surface area contributed by atoms with Gasteiger partial charge in [-0.25, -0.2) is 9.78 Å². The molecule has 0 amide bonds. The molecule has 0 saturated carbocycles. The SMILES string of the molecule is O=c1cc[nH]c(=O)[nH]1.O=c1ccnc[nH]1. The van der Waals surface area contributed by atoms with Gasteiger partial charge in [-0.15, -0.1) is 0 Å². The fourth-order valence-electron chi connectivity index (χ4n) is 0.685. The van der Waals surface area contributed by atoms with E-state index in [4.69, 9.17) is 0 Å². The van der Waals surface area contributed by atoms with E-state index in [1.807, 2.05) is 4.98 Å². The third kappa shape index (κ3) is 4.36. The summed E-state index contributed by atoms with van der Waals surface area (Å²) in [5, 5.41) is 0. The zero-order chi connectivity index (χ0) is 11.1. The first kappa shape index (κ1) is 10.6. The Kier molecular flexibility index (Phi) is 3.78. The Hall–Kier alpha value is -2.44. The number of aromatic nitrogens is 4. The van der Waals surface area contributed by atoms with E-state index < -0.39 is 5.69 Å². The predicted octanol–water partition coefficient (Wildman–Crippen LogP) is -1.17. The minimum absolute atomic E-state index is 0.116. The highest BCUT2D eigenvalue weighted by Gasteiger charge is 1.77. The van der Waals surface area contributed by atoms with Gasteiger partial charge in [-0.05, 0) is 0 Å². The van der Waals surface area contributed by atoms with Crippen LogP contribution in [-0.2, 0) is 0 Å². The van der Waals surface area contributed by atoms with E-state index in [0.717, 1.165) is 0 Å². The van der Waals surface area contributed by atoms with Crippen molar-refractivity contribution in [1.82, 2.24) is 19.9 Å². The summed E-state index contributed by atoms with van der Waals surface area (Å²) in [5.41, 5.74) is -0.971. The second-order valence-corrected chi connectivity index (χ2v) is 2.40. The summed E-state index contributed by atoms with van der Waals surface area (Å²) in [5.74, 6) is 0. The number of rotatable bonds is 0. The van der Waals surface area contributed by atoms with Crippen molar-refractivity contribution in [3.63, 3.8) is 0 Å². The molecular formula is C8H8N4O3. The van der Waals surface area contributed by atoms with Crippen LogP contribution in [-0.4, -0.2) is 19.9 Å². The van der Waals surface area contributed by atoms with E-state index in [0.29, 0.717) is 0 Å². The van der Waals surface area contributed by atoms with Gasteiger partial charge < -0.3 is 9.97 Å². The average molecular weight is 208 g/mol. The number of aromatic amines is 3. The highest BCUT2D eigenvalue weighted by Crippen LogP contribution is 1.57. The van der Waals surface area contributed by atoms with Crippen molar-refractivity contribution in [2.45, 2.75) is 0 Å². The molecule has 0 unspecified atom stereocenters. The number of H-pyrrole nitrogens is 3. The van der Waals surface area contributed by atoms with Gasteiger partial charge in [-0.3, -0.25) is 14.6 Å². The summed E-state index contributed by atoms with van der Waals surface area (Å²) in [6.45, 7) is 0. The fourth-order valence-corrected chi connectivity index (χ4v) is 0.685. The molecule has 0 radical (unpaired) electrons.